The normalized spacial score (nSPS) is 53.3. The van der Waals surface area contributed by atoms with E-state index in [4.69, 9.17) is 18.9 Å². The summed E-state index contributed by atoms with van der Waals surface area (Å²) < 4.78 is 23.5. The summed E-state index contributed by atoms with van der Waals surface area (Å²) in [4.78, 5) is 26.4. The van der Waals surface area contributed by atoms with Gasteiger partial charge in [-0.3, -0.25) is 4.79 Å². The summed E-state index contributed by atoms with van der Waals surface area (Å²) in [6.07, 6.45) is -7.44. The van der Waals surface area contributed by atoms with Gasteiger partial charge in [0.1, 0.15) is 42.7 Å². The first-order valence-electron chi connectivity index (χ1n) is 21.0. The van der Waals surface area contributed by atoms with Crippen molar-refractivity contribution < 1.29 is 74.5 Å². The van der Waals surface area contributed by atoms with Crippen LogP contribution in [0.1, 0.15) is 106 Å². The van der Waals surface area contributed by atoms with Crippen molar-refractivity contribution in [2.75, 3.05) is 13.2 Å². The van der Waals surface area contributed by atoms with E-state index in [0.29, 0.717) is 38.5 Å². The molecule has 19 unspecified atom stereocenters. The fourth-order valence-electron chi connectivity index (χ4n) is 13.6. The van der Waals surface area contributed by atoms with E-state index in [1.165, 1.54) is 5.57 Å². The van der Waals surface area contributed by atoms with Gasteiger partial charge in [-0.05, 0) is 109 Å². The van der Waals surface area contributed by atoms with Gasteiger partial charge in [0.2, 0.25) is 6.29 Å². The van der Waals surface area contributed by atoms with E-state index < -0.39 is 102 Å². The zero-order valence-corrected chi connectivity index (χ0v) is 34.1. The molecule has 0 spiro atoms. The number of rotatable bonds is 7. The van der Waals surface area contributed by atoms with E-state index in [-0.39, 0.29) is 40.6 Å². The largest absolute Gasteiger partial charge is 0.479 e. The number of aliphatic hydroxyl groups excluding tert-OH is 8. The molecule has 0 bridgehead atoms. The molecule has 15 heteroatoms. The molecule has 324 valence electrons. The lowest BCUT2D eigenvalue weighted by atomic mass is 9.33. The Bertz CT molecular complexity index is 1590. The van der Waals surface area contributed by atoms with E-state index in [2.05, 4.69) is 47.6 Å². The standard InChI is InChI=1S/C42H66O15/c1-37(2)23-9-12-41(6)24(39(23,4)11-10-25(37)55-35-31(50)28(47)29(48)32(56-35)33(51)52)8-7-20-21-17-38(3,19-44)13-15-42(21,16-14-40(20,41)5)36(53)57-34-30(49)27(46)26(45)22(18-43)54-34/h7,21-32,34-35,43-50H,8-19H2,1-6H3,(H,51,52). The van der Waals surface area contributed by atoms with E-state index in [9.17, 15) is 55.5 Å². The van der Waals surface area contributed by atoms with Crippen molar-refractivity contribution >= 4 is 11.9 Å². The predicted molar refractivity (Wildman–Crippen MR) is 200 cm³/mol. The highest BCUT2D eigenvalue weighted by molar-refractivity contribution is 5.79. The summed E-state index contributed by atoms with van der Waals surface area (Å²) in [7, 11) is 0. The van der Waals surface area contributed by atoms with Crippen LogP contribution in [0.25, 0.3) is 0 Å². The monoisotopic (exact) mass is 810 g/mol. The van der Waals surface area contributed by atoms with Crippen LogP contribution >= 0.6 is 0 Å². The quantitative estimate of drug-likeness (QED) is 0.100. The Morgan fingerprint density at radius 1 is 0.754 bits per heavy atom. The molecular weight excluding hydrogens is 744 g/mol. The maximum absolute atomic E-state index is 14.6. The fourth-order valence-corrected chi connectivity index (χ4v) is 13.6. The molecular formula is C42H66O15. The average Bonchev–Trinajstić information content (AvgIpc) is 3.16. The summed E-state index contributed by atoms with van der Waals surface area (Å²) in [5.41, 5.74) is -1.28. The van der Waals surface area contributed by atoms with Gasteiger partial charge >= 0.3 is 11.9 Å². The van der Waals surface area contributed by atoms with Crippen LogP contribution in [0, 0.1) is 50.2 Å². The number of aliphatic hydroxyl groups is 8. The van der Waals surface area contributed by atoms with Gasteiger partial charge in [-0.2, -0.15) is 0 Å². The molecule has 6 fully saturated rings. The molecule has 2 aliphatic heterocycles. The first kappa shape index (κ1) is 43.3. The third kappa shape index (κ3) is 6.39. The summed E-state index contributed by atoms with van der Waals surface area (Å²) in [6, 6.07) is 0. The van der Waals surface area contributed by atoms with Crippen LogP contribution < -0.4 is 0 Å². The van der Waals surface area contributed by atoms with Crippen molar-refractivity contribution in [2.45, 2.75) is 173 Å². The van der Waals surface area contributed by atoms with Crippen molar-refractivity contribution in [1.82, 2.24) is 0 Å². The number of carboxylic acid groups (broad SMARTS) is 1. The highest BCUT2D eigenvalue weighted by Gasteiger charge is 2.70. The molecule has 2 heterocycles. The van der Waals surface area contributed by atoms with E-state index >= 15 is 0 Å². The molecule has 5 aliphatic carbocycles. The number of allylic oxidation sites excluding steroid dienone is 2. The van der Waals surface area contributed by atoms with Crippen LogP contribution in [0.2, 0.25) is 0 Å². The zero-order chi connectivity index (χ0) is 41.8. The summed E-state index contributed by atoms with van der Waals surface area (Å²) >= 11 is 0. The Hall–Kier alpha value is -1.76. The molecule has 7 rings (SSSR count). The van der Waals surface area contributed by atoms with Gasteiger partial charge in [0.15, 0.2) is 12.4 Å². The average molecular weight is 811 g/mol. The lowest BCUT2D eigenvalue weighted by molar-refractivity contribution is -0.324. The molecule has 2 saturated heterocycles. The Morgan fingerprint density at radius 3 is 2.05 bits per heavy atom. The summed E-state index contributed by atoms with van der Waals surface area (Å²) in [6.45, 7) is 12.8. The van der Waals surface area contributed by atoms with E-state index in [1.54, 1.807) is 0 Å². The topological polar surface area (TPSA) is 253 Å². The minimum atomic E-state index is -1.80. The second-order valence-electron chi connectivity index (χ2n) is 20.5. The predicted octanol–water partition coefficient (Wildman–Crippen LogP) is 1.38. The van der Waals surface area contributed by atoms with Crippen LogP contribution in [-0.4, -0.2) is 139 Å². The molecule has 9 N–H and O–H groups in total. The SMILES string of the molecule is CC1(CO)CCC2(C(=O)OC3OC(CO)C(O)C(O)C3O)CCC3(C)C(=CCC4C5(C)CCC(OC6OC(C(=O)O)C(O)C(O)C6O)C(C)(C)C5CCC43C)C2C1. The van der Waals surface area contributed by atoms with Gasteiger partial charge in [-0.15, -0.1) is 0 Å². The number of esters is 1. The molecule has 0 aromatic heterocycles. The number of carboxylic acids is 1. The number of ether oxygens (including phenoxy) is 4. The Kier molecular flexibility index (Phi) is 11.2. The first-order valence-corrected chi connectivity index (χ1v) is 21.0. The first-order chi connectivity index (χ1) is 26.5. The molecule has 15 nitrogen and oxygen atoms in total. The molecule has 4 saturated carbocycles. The number of carbonyl (C=O) groups excluding carboxylic acids is 1. The number of carbonyl (C=O) groups is 2. The van der Waals surface area contributed by atoms with Crippen molar-refractivity contribution in [1.29, 1.82) is 0 Å². The lowest BCUT2D eigenvalue weighted by Gasteiger charge is -2.71. The number of hydrogen-bond acceptors (Lipinski definition) is 14. The lowest BCUT2D eigenvalue weighted by Crippen LogP contribution is -2.66. The highest BCUT2D eigenvalue weighted by atomic mass is 16.7. The third-order valence-electron chi connectivity index (χ3n) is 17.4. The smallest absolute Gasteiger partial charge is 0.335 e. The molecule has 0 aromatic carbocycles. The maximum Gasteiger partial charge on any atom is 0.335 e. The van der Waals surface area contributed by atoms with Gasteiger partial charge in [-0.1, -0.05) is 53.2 Å². The van der Waals surface area contributed by atoms with Crippen LogP contribution in [0.5, 0.6) is 0 Å². The minimum Gasteiger partial charge on any atom is -0.479 e. The number of hydrogen-bond donors (Lipinski definition) is 9. The maximum atomic E-state index is 14.6. The minimum absolute atomic E-state index is 0.0390. The Labute approximate surface area is 334 Å². The van der Waals surface area contributed by atoms with Crippen molar-refractivity contribution in [3.05, 3.63) is 11.6 Å². The molecule has 7 aliphatic rings. The molecule has 0 radical (unpaired) electrons. The fraction of sp³-hybridized carbons (Fsp3) is 0.905. The number of aliphatic carboxylic acids is 1. The molecule has 0 aromatic rings. The van der Waals surface area contributed by atoms with Gasteiger partial charge < -0.3 is 64.9 Å². The number of fused-ring (bicyclic) bond motifs is 7. The van der Waals surface area contributed by atoms with Gasteiger partial charge in [0.25, 0.3) is 0 Å². The van der Waals surface area contributed by atoms with Crippen molar-refractivity contribution in [2.24, 2.45) is 50.2 Å². The highest BCUT2D eigenvalue weighted by Crippen LogP contribution is 2.76. The van der Waals surface area contributed by atoms with E-state index in [0.717, 1.165) is 25.7 Å². The van der Waals surface area contributed by atoms with Crippen molar-refractivity contribution in [3.8, 4) is 0 Å². The molecule has 19 atom stereocenters. The van der Waals surface area contributed by atoms with E-state index in [1.807, 2.05) is 0 Å². The second-order valence-corrected chi connectivity index (χ2v) is 20.5. The van der Waals surface area contributed by atoms with Crippen LogP contribution in [-0.2, 0) is 28.5 Å². The second kappa shape index (κ2) is 14.7. The van der Waals surface area contributed by atoms with Crippen LogP contribution in [0.15, 0.2) is 11.6 Å². The van der Waals surface area contributed by atoms with Gasteiger partial charge in [0, 0.05) is 6.61 Å². The summed E-state index contributed by atoms with van der Waals surface area (Å²) in [5.74, 6) is -1.85. The van der Waals surface area contributed by atoms with Crippen LogP contribution in [0.3, 0.4) is 0 Å². The Balaban J connectivity index is 1.17. The molecule has 0 amide bonds. The van der Waals surface area contributed by atoms with Crippen LogP contribution in [0.4, 0.5) is 0 Å². The zero-order valence-electron chi connectivity index (χ0n) is 34.1. The molecule has 57 heavy (non-hydrogen) atoms. The van der Waals surface area contributed by atoms with Crippen molar-refractivity contribution in [3.63, 3.8) is 0 Å². The summed E-state index contributed by atoms with van der Waals surface area (Å²) in [5, 5.41) is 93.1. The Morgan fingerprint density at radius 2 is 1.40 bits per heavy atom. The third-order valence-corrected chi connectivity index (χ3v) is 17.4. The van der Waals surface area contributed by atoms with Gasteiger partial charge in [-0.25, -0.2) is 4.79 Å². The van der Waals surface area contributed by atoms with Gasteiger partial charge in [0.05, 0.1) is 18.1 Å².